The average Bonchev–Trinajstić information content (AvgIpc) is 2.88. The molecule has 4 heteroatoms. The lowest BCUT2D eigenvalue weighted by Crippen LogP contribution is -2.51. The fourth-order valence-corrected chi connectivity index (χ4v) is 4.16. The van der Waals surface area contributed by atoms with Crippen molar-refractivity contribution in [3.8, 4) is 0 Å². The van der Waals surface area contributed by atoms with Crippen molar-refractivity contribution >= 4 is 17.3 Å². The number of carboxylic acids is 1. The van der Waals surface area contributed by atoms with Crippen LogP contribution in [0.5, 0.6) is 0 Å². The second kappa shape index (κ2) is 5.86. The summed E-state index contributed by atoms with van der Waals surface area (Å²) < 4.78 is 0. The first-order chi connectivity index (χ1) is 9.34. The molecule has 1 aromatic heterocycles. The maximum atomic E-state index is 11.4. The van der Waals surface area contributed by atoms with Crippen LogP contribution in [0.15, 0.2) is 17.5 Å². The molecule has 4 atom stereocenters. The molecule has 1 aliphatic rings. The maximum Gasteiger partial charge on any atom is 0.307 e. The van der Waals surface area contributed by atoms with Crippen molar-refractivity contribution in [3.05, 3.63) is 22.4 Å². The zero-order chi connectivity index (χ0) is 14.9. The third kappa shape index (κ3) is 2.91. The molecular weight excluding hydrogens is 270 g/mol. The predicted molar refractivity (Wildman–Crippen MR) is 83.0 cm³/mol. The Balaban J connectivity index is 2.06. The summed E-state index contributed by atoms with van der Waals surface area (Å²) >= 11 is 1.77. The van der Waals surface area contributed by atoms with Crippen LogP contribution >= 0.6 is 11.3 Å². The summed E-state index contributed by atoms with van der Waals surface area (Å²) in [7, 11) is 0. The van der Waals surface area contributed by atoms with Crippen LogP contribution in [0.1, 0.15) is 51.5 Å². The smallest absolute Gasteiger partial charge is 0.307 e. The molecule has 2 N–H and O–H groups in total. The van der Waals surface area contributed by atoms with Crippen molar-refractivity contribution in [2.45, 2.75) is 52.6 Å². The second-order valence-electron chi connectivity index (χ2n) is 6.59. The Hall–Kier alpha value is -0.870. The minimum Gasteiger partial charge on any atom is -0.481 e. The molecule has 3 nitrogen and oxygen atoms in total. The van der Waals surface area contributed by atoms with Crippen LogP contribution in [0, 0.1) is 17.3 Å². The van der Waals surface area contributed by atoms with Crippen LogP contribution in [-0.2, 0) is 4.79 Å². The van der Waals surface area contributed by atoms with E-state index < -0.39 is 5.97 Å². The van der Waals surface area contributed by atoms with Crippen molar-refractivity contribution < 1.29 is 9.90 Å². The Labute approximate surface area is 125 Å². The van der Waals surface area contributed by atoms with Crippen molar-refractivity contribution in [2.24, 2.45) is 17.3 Å². The summed E-state index contributed by atoms with van der Waals surface area (Å²) in [5.74, 6) is -0.529. The Morgan fingerprint density at radius 2 is 2.20 bits per heavy atom. The monoisotopic (exact) mass is 295 g/mol. The van der Waals surface area contributed by atoms with E-state index in [-0.39, 0.29) is 11.3 Å². The Kier molecular flexibility index (Phi) is 4.55. The summed E-state index contributed by atoms with van der Waals surface area (Å²) in [5.41, 5.74) is -0.170. The van der Waals surface area contributed by atoms with Crippen LogP contribution in [-0.4, -0.2) is 17.1 Å². The van der Waals surface area contributed by atoms with Crippen molar-refractivity contribution in [2.75, 3.05) is 0 Å². The first kappa shape index (κ1) is 15.5. The van der Waals surface area contributed by atoms with Gasteiger partial charge in [-0.1, -0.05) is 26.8 Å². The summed E-state index contributed by atoms with van der Waals surface area (Å²) in [5, 5.41) is 15.2. The van der Waals surface area contributed by atoms with Crippen LogP contribution in [0.3, 0.4) is 0 Å². The summed E-state index contributed by atoms with van der Waals surface area (Å²) in [6.45, 7) is 8.57. The van der Waals surface area contributed by atoms with E-state index in [1.165, 1.54) is 4.88 Å². The molecule has 0 spiro atoms. The van der Waals surface area contributed by atoms with Gasteiger partial charge in [-0.2, -0.15) is 0 Å². The molecule has 112 valence electrons. The van der Waals surface area contributed by atoms with Gasteiger partial charge < -0.3 is 10.4 Å². The first-order valence-electron chi connectivity index (χ1n) is 7.36. The molecule has 0 saturated heterocycles. The van der Waals surface area contributed by atoms with Gasteiger partial charge in [-0.25, -0.2) is 0 Å². The standard InChI is InChI=1S/C16H25NO2S/c1-10-13(17-11(2)14-6-5-9-20-14)8-7-12(15(18)19)16(10,3)4/h5-6,9-13,17H,7-8H2,1-4H3,(H,18,19). The third-order valence-corrected chi connectivity index (χ3v) is 6.23. The van der Waals surface area contributed by atoms with Crippen LogP contribution in [0.25, 0.3) is 0 Å². The lowest BCUT2D eigenvalue weighted by Gasteiger charge is -2.47. The van der Waals surface area contributed by atoms with E-state index >= 15 is 0 Å². The number of hydrogen-bond donors (Lipinski definition) is 2. The third-order valence-electron chi connectivity index (χ3n) is 5.17. The number of hydrogen-bond acceptors (Lipinski definition) is 3. The normalized spacial score (nSPS) is 30.9. The van der Waals surface area contributed by atoms with Crippen molar-refractivity contribution in [1.82, 2.24) is 5.32 Å². The molecule has 1 fully saturated rings. The minimum absolute atomic E-state index is 0.170. The molecule has 0 amide bonds. The van der Waals surface area contributed by atoms with Crippen LogP contribution in [0.4, 0.5) is 0 Å². The second-order valence-corrected chi connectivity index (χ2v) is 7.57. The average molecular weight is 295 g/mol. The number of carboxylic acid groups (broad SMARTS) is 1. The molecule has 0 aromatic carbocycles. The molecule has 0 bridgehead atoms. The summed E-state index contributed by atoms with van der Waals surface area (Å²) in [6.07, 6.45) is 1.71. The van der Waals surface area contributed by atoms with E-state index in [1.807, 2.05) is 0 Å². The van der Waals surface area contributed by atoms with Gasteiger partial charge in [-0.05, 0) is 42.5 Å². The molecule has 1 aromatic rings. The molecule has 1 heterocycles. The fourth-order valence-electron chi connectivity index (χ4n) is 3.41. The van der Waals surface area contributed by atoms with Gasteiger partial charge in [0.15, 0.2) is 0 Å². The highest BCUT2D eigenvalue weighted by atomic mass is 32.1. The van der Waals surface area contributed by atoms with Gasteiger partial charge >= 0.3 is 5.97 Å². The SMILES string of the molecule is CC(NC1CCC(C(=O)O)C(C)(C)C1C)c1cccs1. The Morgan fingerprint density at radius 3 is 2.75 bits per heavy atom. The number of thiophene rings is 1. The lowest BCUT2D eigenvalue weighted by molar-refractivity contribution is -0.150. The zero-order valence-electron chi connectivity index (χ0n) is 12.7. The molecule has 4 unspecified atom stereocenters. The topological polar surface area (TPSA) is 49.3 Å². The lowest BCUT2D eigenvalue weighted by atomic mass is 9.61. The van der Waals surface area contributed by atoms with Crippen molar-refractivity contribution in [3.63, 3.8) is 0 Å². The highest BCUT2D eigenvalue weighted by molar-refractivity contribution is 7.10. The van der Waals surface area contributed by atoms with Crippen molar-refractivity contribution in [1.29, 1.82) is 0 Å². The molecule has 1 saturated carbocycles. The zero-order valence-corrected chi connectivity index (χ0v) is 13.5. The van der Waals surface area contributed by atoms with Gasteiger partial charge in [-0.15, -0.1) is 11.3 Å². The Morgan fingerprint density at radius 1 is 1.50 bits per heavy atom. The van der Waals surface area contributed by atoms with Gasteiger partial charge in [0.05, 0.1) is 5.92 Å². The molecular formula is C16H25NO2S. The van der Waals surface area contributed by atoms with E-state index in [0.717, 1.165) is 12.8 Å². The van der Waals surface area contributed by atoms with E-state index in [4.69, 9.17) is 0 Å². The van der Waals surface area contributed by atoms with E-state index in [1.54, 1.807) is 11.3 Å². The highest BCUT2D eigenvalue weighted by Crippen LogP contribution is 2.45. The number of nitrogens with one attached hydrogen (secondary N) is 1. The largest absolute Gasteiger partial charge is 0.481 e. The molecule has 0 radical (unpaired) electrons. The summed E-state index contributed by atoms with van der Waals surface area (Å²) in [4.78, 5) is 12.8. The molecule has 20 heavy (non-hydrogen) atoms. The van der Waals surface area contributed by atoms with Gasteiger partial charge in [0.25, 0.3) is 0 Å². The number of carbonyl (C=O) groups is 1. The van der Waals surface area contributed by atoms with Gasteiger partial charge in [0, 0.05) is 17.0 Å². The fraction of sp³-hybridized carbons (Fsp3) is 0.688. The van der Waals surface area contributed by atoms with Gasteiger partial charge in [-0.3, -0.25) is 4.79 Å². The van der Waals surface area contributed by atoms with E-state index in [9.17, 15) is 9.90 Å². The number of rotatable bonds is 4. The number of aliphatic carboxylic acids is 1. The molecule has 0 aliphatic heterocycles. The quantitative estimate of drug-likeness (QED) is 0.885. The Bertz CT molecular complexity index is 455. The molecule has 1 aliphatic carbocycles. The van der Waals surface area contributed by atoms with Crippen LogP contribution < -0.4 is 5.32 Å². The van der Waals surface area contributed by atoms with E-state index in [2.05, 4.69) is 50.5 Å². The summed E-state index contributed by atoms with van der Waals surface area (Å²) in [6, 6.07) is 4.95. The molecule has 2 rings (SSSR count). The predicted octanol–water partition coefficient (Wildman–Crippen LogP) is 3.92. The highest BCUT2D eigenvalue weighted by Gasteiger charge is 2.46. The maximum absolute atomic E-state index is 11.4. The minimum atomic E-state index is -0.647. The van der Waals surface area contributed by atoms with E-state index in [0.29, 0.717) is 18.0 Å². The van der Waals surface area contributed by atoms with Gasteiger partial charge in [0.1, 0.15) is 0 Å². The van der Waals surface area contributed by atoms with Crippen LogP contribution in [0.2, 0.25) is 0 Å². The first-order valence-corrected chi connectivity index (χ1v) is 8.24. The van der Waals surface area contributed by atoms with Gasteiger partial charge in [0.2, 0.25) is 0 Å².